The van der Waals surface area contributed by atoms with Crippen LogP contribution < -0.4 is 10.3 Å². The molecule has 1 aliphatic carbocycles. The number of hydrogen-bond acceptors (Lipinski definition) is 5. The van der Waals surface area contributed by atoms with Crippen LogP contribution in [0.2, 0.25) is 0 Å². The van der Waals surface area contributed by atoms with Crippen LogP contribution in [0.15, 0.2) is 65.5 Å². The maximum absolute atomic E-state index is 13.9. The molecule has 0 spiro atoms. The normalized spacial score (nSPS) is 19.1. The van der Waals surface area contributed by atoms with E-state index in [0.717, 1.165) is 24.0 Å². The smallest absolute Gasteiger partial charge is 0.316 e. The molecule has 7 nitrogen and oxygen atoms in total. The molecule has 1 unspecified atom stereocenters. The fraction of sp³-hybridized carbons (Fsp3) is 0.414. The van der Waals surface area contributed by atoms with Crippen molar-refractivity contribution in [2.45, 2.75) is 50.8 Å². The number of carbonyl (C=O) groups excluding carboxylic acids is 1. The maximum Gasteiger partial charge on any atom is 0.316 e. The average Bonchev–Trinajstić information content (AvgIpc) is 3.40. The number of fused-ring (bicyclic) bond motifs is 1. The Kier molecular flexibility index (Phi) is 6.32. The van der Waals surface area contributed by atoms with Gasteiger partial charge in [0.25, 0.3) is 5.91 Å². The minimum absolute atomic E-state index is 0.0327. The minimum atomic E-state index is -0.467. The van der Waals surface area contributed by atoms with E-state index in [-0.39, 0.29) is 30.2 Å². The molecular weight excluding hydrogens is 454 g/mol. The average molecular weight is 486 g/mol. The zero-order valence-corrected chi connectivity index (χ0v) is 20.3. The van der Waals surface area contributed by atoms with Gasteiger partial charge in [-0.2, -0.15) is 4.98 Å². The van der Waals surface area contributed by atoms with E-state index < -0.39 is 5.56 Å². The molecule has 1 aromatic heterocycles. The van der Waals surface area contributed by atoms with Crippen molar-refractivity contribution in [1.82, 2.24) is 14.5 Å². The fourth-order valence-corrected chi connectivity index (χ4v) is 5.87. The number of hydrogen-bond donors (Lipinski definition) is 0. The first-order chi connectivity index (χ1) is 17.7. The Balaban J connectivity index is 1.47. The summed E-state index contributed by atoms with van der Waals surface area (Å²) in [4.78, 5) is 33.9. The highest BCUT2D eigenvalue weighted by Gasteiger charge is 2.40. The third-order valence-corrected chi connectivity index (χ3v) is 7.80. The van der Waals surface area contributed by atoms with Gasteiger partial charge in [0.2, 0.25) is 5.75 Å². The maximum atomic E-state index is 13.9. The summed E-state index contributed by atoms with van der Waals surface area (Å²) in [7, 11) is 0. The van der Waals surface area contributed by atoms with Crippen LogP contribution in [0.1, 0.15) is 59.0 Å². The zero-order valence-electron chi connectivity index (χ0n) is 20.3. The van der Waals surface area contributed by atoms with Crippen LogP contribution in [0.5, 0.6) is 5.75 Å². The third kappa shape index (κ3) is 4.22. The number of nitrogens with zero attached hydrogens (tertiary/aromatic N) is 3. The highest BCUT2D eigenvalue weighted by Crippen LogP contribution is 2.41. The summed E-state index contributed by atoms with van der Waals surface area (Å²) in [5.41, 5.74) is 1.94. The van der Waals surface area contributed by atoms with Crippen molar-refractivity contribution >= 4 is 5.91 Å². The van der Waals surface area contributed by atoms with E-state index in [1.807, 2.05) is 58.0 Å². The Bertz CT molecular complexity index is 1280. The van der Waals surface area contributed by atoms with Crippen molar-refractivity contribution in [3.63, 3.8) is 0 Å². The predicted octanol–water partition coefficient (Wildman–Crippen LogP) is 4.00. The van der Waals surface area contributed by atoms with Crippen molar-refractivity contribution in [2.24, 2.45) is 5.92 Å². The topological polar surface area (TPSA) is 73.7 Å². The van der Waals surface area contributed by atoms with E-state index in [1.54, 1.807) is 0 Å². The highest BCUT2D eigenvalue weighted by molar-refractivity contribution is 5.96. The van der Waals surface area contributed by atoms with E-state index in [4.69, 9.17) is 9.47 Å². The molecule has 0 bridgehead atoms. The molecule has 3 heterocycles. The van der Waals surface area contributed by atoms with Crippen LogP contribution in [0.4, 0.5) is 0 Å². The molecule has 3 aliphatic rings. The molecule has 2 fully saturated rings. The number of carbonyl (C=O) groups is 1. The summed E-state index contributed by atoms with van der Waals surface area (Å²) in [5.74, 6) is 0.931. The summed E-state index contributed by atoms with van der Waals surface area (Å²) in [6, 6.07) is 20.0. The van der Waals surface area contributed by atoms with Crippen LogP contribution in [-0.2, 0) is 17.9 Å². The standard InChI is InChI=1S/C29H31N3O4/c33-28-26(36-17-20-9-3-1-4-10-20)25-29(34)31(23-18-35-19-23)15-16-32(25)27(30-28)24(22-13-7-8-14-22)21-11-5-2-6-12-21/h1-6,9-12,22-24H,7-8,13-19H2. The molecule has 1 amide bonds. The van der Waals surface area contributed by atoms with Crippen LogP contribution in [0.3, 0.4) is 0 Å². The third-order valence-electron chi connectivity index (χ3n) is 7.80. The van der Waals surface area contributed by atoms with E-state index in [1.165, 1.54) is 12.8 Å². The molecule has 2 aromatic carbocycles. The fourth-order valence-electron chi connectivity index (χ4n) is 5.87. The zero-order chi connectivity index (χ0) is 24.5. The van der Waals surface area contributed by atoms with Crippen LogP contribution in [0.25, 0.3) is 0 Å². The van der Waals surface area contributed by atoms with Crippen molar-refractivity contribution in [2.75, 3.05) is 19.8 Å². The number of ether oxygens (including phenoxy) is 2. The van der Waals surface area contributed by atoms with Gasteiger partial charge in [-0.25, -0.2) is 0 Å². The van der Waals surface area contributed by atoms with Crippen LogP contribution in [0, 0.1) is 5.92 Å². The van der Waals surface area contributed by atoms with E-state index in [9.17, 15) is 9.59 Å². The van der Waals surface area contributed by atoms with Crippen molar-refractivity contribution in [3.8, 4) is 5.75 Å². The van der Waals surface area contributed by atoms with Crippen molar-refractivity contribution in [1.29, 1.82) is 0 Å². The summed E-state index contributed by atoms with van der Waals surface area (Å²) in [5, 5.41) is 0. The molecule has 0 radical (unpaired) electrons. The quantitative estimate of drug-likeness (QED) is 0.506. The summed E-state index contributed by atoms with van der Waals surface area (Å²) >= 11 is 0. The first-order valence-electron chi connectivity index (χ1n) is 13.0. The van der Waals surface area contributed by atoms with Gasteiger partial charge in [0.05, 0.1) is 19.3 Å². The number of benzene rings is 2. The van der Waals surface area contributed by atoms with Gasteiger partial charge in [-0.1, -0.05) is 73.5 Å². The molecule has 1 saturated carbocycles. The first kappa shape index (κ1) is 23.0. The summed E-state index contributed by atoms with van der Waals surface area (Å²) in [6.45, 7) is 2.42. The molecule has 186 valence electrons. The Morgan fingerprint density at radius 1 is 0.944 bits per heavy atom. The lowest BCUT2D eigenvalue weighted by Crippen LogP contribution is -2.56. The monoisotopic (exact) mass is 485 g/mol. The molecule has 7 heteroatoms. The van der Waals surface area contributed by atoms with Gasteiger partial charge in [0.15, 0.2) is 5.69 Å². The van der Waals surface area contributed by atoms with Crippen LogP contribution >= 0.6 is 0 Å². The lowest BCUT2D eigenvalue weighted by Gasteiger charge is -2.41. The van der Waals surface area contributed by atoms with Gasteiger partial charge in [0, 0.05) is 19.0 Å². The second kappa shape index (κ2) is 9.90. The van der Waals surface area contributed by atoms with Gasteiger partial charge >= 0.3 is 5.56 Å². The lowest BCUT2D eigenvalue weighted by atomic mass is 9.83. The van der Waals surface area contributed by atoms with Gasteiger partial charge in [-0.3, -0.25) is 9.59 Å². The molecule has 1 atom stereocenters. The summed E-state index contributed by atoms with van der Waals surface area (Å²) in [6.07, 6.45) is 4.54. The predicted molar refractivity (Wildman–Crippen MR) is 135 cm³/mol. The molecule has 1 saturated heterocycles. The molecule has 6 rings (SSSR count). The van der Waals surface area contributed by atoms with Crippen molar-refractivity contribution < 1.29 is 14.3 Å². The number of rotatable bonds is 7. The SMILES string of the molecule is O=C1c2c(OCc3ccccc3)c(=O)nc(C(c3ccccc3)C3CCCC3)n2CCN1C1COC1. The Morgan fingerprint density at radius 3 is 2.31 bits per heavy atom. The van der Waals surface area contributed by atoms with E-state index in [2.05, 4.69) is 17.1 Å². The molecule has 0 N–H and O–H groups in total. The largest absolute Gasteiger partial charge is 0.481 e. The molecule has 2 aliphatic heterocycles. The Morgan fingerprint density at radius 2 is 1.64 bits per heavy atom. The highest BCUT2D eigenvalue weighted by atomic mass is 16.5. The Hall–Kier alpha value is -3.45. The number of aromatic nitrogens is 2. The van der Waals surface area contributed by atoms with Gasteiger partial charge in [0.1, 0.15) is 12.4 Å². The van der Waals surface area contributed by atoms with E-state index >= 15 is 0 Å². The lowest BCUT2D eigenvalue weighted by molar-refractivity contribution is -0.0576. The minimum Gasteiger partial charge on any atom is -0.481 e. The van der Waals surface area contributed by atoms with Gasteiger partial charge < -0.3 is 18.9 Å². The van der Waals surface area contributed by atoms with E-state index in [0.29, 0.717) is 43.7 Å². The number of amides is 1. The second-order valence-electron chi connectivity index (χ2n) is 10.0. The summed E-state index contributed by atoms with van der Waals surface area (Å²) < 4.78 is 13.4. The van der Waals surface area contributed by atoms with Crippen molar-refractivity contribution in [3.05, 3.63) is 93.7 Å². The van der Waals surface area contributed by atoms with Crippen LogP contribution in [-0.4, -0.2) is 46.2 Å². The first-order valence-corrected chi connectivity index (χ1v) is 13.0. The molecule has 3 aromatic rings. The Labute approximate surface area is 210 Å². The van der Waals surface area contributed by atoms with Gasteiger partial charge in [-0.05, 0) is 29.9 Å². The molecular formula is C29H31N3O4. The second-order valence-corrected chi connectivity index (χ2v) is 10.0. The van der Waals surface area contributed by atoms with Gasteiger partial charge in [-0.15, -0.1) is 0 Å². The molecule has 36 heavy (non-hydrogen) atoms.